The van der Waals surface area contributed by atoms with Crippen LogP contribution in [0.5, 0.6) is 0 Å². The van der Waals surface area contributed by atoms with Crippen molar-refractivity contribution in [2.24, 2.45) is 0 Å². The highest BCUT2D eigenvalue weighted by Crippen LogP contribution is 2.27. The molecule has 1 saturated carbocycles. The maximum Gasteiger partial charge on any atom is 0.131 e. The van der Waals surface area contributed by atoms with Gasteiger partial charge >= 0.3 is 0 Å². The van der Waals surface area contributed by atoms with Crippen LogP contribution in [0.4, 0.5) is 4.39 Å². The fraction of sp³-hybridized carbons (Fsp3) is 0.250. The minimum atomic E-state index is -0.156. The molecule has 1 aliphatic carbocycles. The van der Waals surface area contributed by atoms with Gasteiger partial charge in [0.05, 0.1) is 0 Å². The third-order valence-corrected chi connectivity index (χ3v) is 3.34. The zero-order valence-electron chi connectivity index (χ0n) is 10.2. The molecule has 0 unspecified atom stereocenters. The molecule has 1 fully saturated rings. The largest absolute Gasteiger partial charge is 0.310 e. The molecule has 92 valence electrons. The smallest absolute Gasteiger partial charge is 0.131 e. The highest BCUT2D eigenvalue weighted by atomic mass is 19.1. The van der Waals surface area contributed by atoms with Crippen LogP contribution in [0.3, 0.4) is 0 Å². The van der Waals surface area contributed by atoms with Crippen LogP contribution < -0.4 is 5.32 Å². The summed E-state index contributed by atoms with van der Waals surface area (Å²) in [6.07, 6.45) is 2.53. The van der Waals surface area contributed by atoms with Crippen LogP contribution >= 0.6 is 0 Å². The second kappa shape index (κ2) is 4.91. The zero-order chi connectivity index (χ0) is 12.4. The molecule has 0 amide bonds. The van der Waals surface area contributed by atoms with Crippen LogP contribution in [-0.4, -0.2) is 6.04 Å². The molecule has 3 rings (SSSR count). The lowest BCUT2D eigenvalue weighted by atomic mass is 9.99. The van der Waals surface area contributed by atoms with Crippen molar-refractivity contribution in [1.29, 1.82) is 0 Å². The minimum absolute atomic E-state index is 0.156. The van der Waals surface area contributed by atoms with Crippen LogP contribution in [0, 0.1) is 5.82 Å². The monoisotopic (exact) mass is 241 g/mol. The van der Waals surface area contributed by atoms with E-state index < -0.39 is 0 Å². The molecular formula is C16H16FN. The molecule has 0 bridgehead atoms. The molecule has 2 heteroatoms. The van der Waals surface area contributed by atoms with E-state index in [0.717, 1.165) is 17.7 Å². The quantitative estimate of drug-likeness (QED) is 0.859. The standard InChI is InChI=1S/C16H16FN/c17-16-8-4-3-7-15(16)14-6-2-1-5-12(14)11-18-13-9-10-13/h1-8,13,18H,9-11H2. The van der Waals surface area contributed by atoms with E-state index in [-0.39, 0.29) is 5.82 Å². The van der Waals surface area contributed by atoms with E-state index in [9.17, 15) is 4.39 Å². The lowest BCUT2D eigenvalue weighted by Crippen LogP contribution is -2.15. The van der Waals surface area contributed by atoms with Crippen molar-refractivity contribution >= 4 is 0 Å². The fourth-order valence-corrected chi connectivity index (χ4v) is 2.16. The fourth-order valence-electron chi connectivity index (χ4n) is 2.16. The van der Waals surface area contributed by atoms with Gasteiger partial charge < -0.3 is 5.32 Å². The Bertz CT molecular complexity index is 546. The van der Waals surface area contributed by atoms with Gasteiger partial charge in [-0.1, -0.05) is 42.5 Å². The number of nitrogens with one attached hydrogen (secondary N) is 1. The number of halogens is 1. The van der Waals surface area contributed by atoms with Gasteiger partial charge in [-0.05, 0) is 30.0 Å². The summed E-state index contributed by atoms with van der Waals surface area (Å²) in [6.45, 7) is 0.815. The van der Waals surface area contributed by atoms with Gasteiger partial charge in [0.15, 0.2) is 0 Å². The topological polar surface area (TPSA) is 12.0 Å². The van der Waals surface area contributed by atoms with Gasteiger partial charge in [-0.2, -0.15) is 0 Å². The average Bonchev–Trinajstić information content (AvgIpc) is 3.22. The molecule has 0 aromatic heterocycles. The first-order valence-electron chi connectivity index (χ1n) is 6.41. The Morgan fingerprint density at radius 3 is 2.33 bits per heavy atom. The number of hydrogen-bond donors (Lipinski definition) is 1. The van der Waals surface area contributed by atoms with E-state index in [1.165, 1.54) is 18.9 Å². The summed E-state index contributed by atoms with van der Waals surface area (Å²) in [5.41, 5.74) is 2.84. The predicted molar refractivity (Wildman–Crippen MR) is 71.7 cm³/mol. The van der Waals surface area contributed by atoms with Crippen LogP contribution in [0.2, 0.25) is 0 Å². The third kappa shape index (κ3) is 2.44. The molecule has 1 nitrogen and oxygen atoms in total. The van der Waals surface area contributed by atoms with Gasteiger partial charge in [0, 0.05) is 18.2 Å². The van der Waals surface area contributed by atoms with Crippen LogP contribution in [0.15, 0.2) is 48.5 Å². The second-order valence-corrected chi connectivity index (χ2v) is 4.79. The molecule has 0 atom stereocenters. The van der Waals surface area contributed by atoms with Gasteiger partial charge in [-0.3, -0.25) is 0 Å². The normalized spacial score (nSPS) is 14.7. The first kappa shape index (κ1) is 11.4. The van der Waals surface area contributed by atoms with E-state index in [2.05, 4.69) is 11.4 Å². The molecule has 0 radical (unpaired) electrons. The Morgan fingerprint density at radius 2 is 1.61 bits per heavy atom. The van der Waals surface area contributed by atoms with Crippen molar-refractivity contribution in [3.8, 4) is 11.1 Å². The lowest BCUT2D eigenvalue weighted by Gasteiger charge is -2.11. The minimum Gasteiger partial charge on any atom is -0.310 e. The molecule has 0 spiro atoms. The summed E-state index contributed by atoms with van der Waals surface area (Å²) in [7, 11) is 0. The number of rotatable bonds is 4. The van der Waals surface area contributed by atoms with Crippen LogP contribution in [0.1, 0.15) is 18.4 Å². The highest BCUT2D eigenvalue weighted by molar-refractivity contribution is 5.67. The van der Waals surface area contributed by atoms with Crippen molar-refractivity contribution < 1.29 is 4.39 Å². The molecule has 0 saturated heterocycles. The maximum absolute atomic E-state index is 13.8. The van der Waals surface area contributed by atoms with Crippen LogP contribution in [0.25, 0.3) is 11.1 Å². The van der Waals surface area contributed by atoms with E-state index in [0.29, 0.717) is 11.6 Å². The molecule has 1 N–H and O–H groups in total. The zero-order valence-corrected chi connectivity index (χ0v) is 10.2. The van der Waals surface area contributed by atoms with Crippen molar-refractivity contribution in [3.63, 3.8) is 0 Å². The van der Waals surface area contributed by atoms with Crippen molar-refractivity contribution in [2.45, 2.75) is 25.4 Å². The predicted octanol–water partition coefficient (Wildman–Crippen LogP) is 3.74. The van der Waals surface area contributed by atoms with Crippen molar-refractivity contribution in [2.75, 3.05) is 0 Å². The van der Waals surface area contributed by atoms with Gasteiger partial charge in [-0.15, -0.1) is 0 Å². The van der Waals surface area contributed by atoms with E-state index in [1.54, 1.807) is 6.07 Å². The summed E-state index contributed by atoms with van der Waals surface area (Å²) in [4.78, 5) is 0. The second-order valence-electron chi connectivity index (χ2n) is 4.79. The molecule has 2 aromatic rings. The maximum atomic E-state index is 13.8. The molecule has 0 aliphatic heterocycles. The van der Waals surface area contributed by atoms with Gasteiger partial charge in [0.25, 0.3) is 0 Å². The Kier molecular flexibility index (Phi) is 3.11. The summed E-state index contributed by atoms with van der Waals surface area (Å²) >= 11 is 0. The molecular weight excluding hydrogens is 225 g/mol. The summed E-state index contributed by atoms with van der Waals surface area (Å²) in [6, 6.07) is 15.6. The third-order valence-electron chi connectivity index (χ3n) is 3.34. The summed E-state index contributed by atoms with van der Waals surface area (Å²) < 4.78 is 13.8. The Hall–Kier alpha value is -1.67. The Balaban J connectivity index is 1.92. The van der Waals surface area contributed by atoms with Crippen molar-refractivity contribution in [3.05, 3.63) is 59.9 Å². The van der Waals surface area contributed by atoms with Gasteiger partial charge in [0.1, 0.15) is 5.82 Å². The molecule has 1 aliphatic rings. The Labute approximate surface area is 107 Å². The molecule has 0 heterocycles. The summed E-state index contributed by atoms with van der Waals surface area (Å²) in [5.74, 6) is -0.156. The van der Waals surface area contributed by atoms with Crippen molar-refractivity contribution in [1.82, 2.24) is 5.32 Å². The number of hydrogen-bond acceptors (Lipinski definition) is 1. The SMILES string of the molecule is Fc1ccccc1-c1ccccc1CNC1CC1. The van der Waals surface area contributed by atoms with Crippen LogP contribution in [-0.2, 0) is 6.54 Å². The molecule has 18 heavy (non-hydrogen) atoms. The van der Waals surface area contributed by atoms with E-state index in [4.69, 9.17) is 0 Å². The lowest BCUT2D eigenvalue weighted by molar-refractivity contribution is 0.630. The first-order chi connectivity index (χ1) is 8.84. The van der Waals surface area contributed by atoms with Gasteiger partial charge in [0.2, 0.25) is 0 Å². The Morgan fingerprint density at radius 1 is 0.944 bits per heavy atom. The number of benzene rings is 2. The highest BCUT2D eigenvalue weighted by Gasteiger charge is 2.20. The summed E-state index contributed by atoms with van der Waals surface area (Å²) in [5, 5.41) is 3.48. The molecule has 2 aromatic carbocycles. The first-order valence-corrected chi connectivity index (χ1v) is 6.41. The average molecular weight is 241 g/mol. The van der Waals surface area contributed by atoms with E-state index in [1.807, 2.05) is 30.3 Å². The van der Waals surface area contributed by atoms with E-state index >= 15 is 0 Å². The van der Waals surface area contributed by atoms with Gasteiger partial charge in [-0.25, -0.2) is 4.39 Å².